The highest BCUT2D eigenvalue weighted by Gasteiger charge is 2.21. The van der Waals surface area contributed by atoms with Crippen molar-refractivity contribution in [3.63, 3.8) is 0 Å². The van der Waals surface area contributed by atoms with E-state index < -0.39 is 0 Å². The molecule has 0 aromatic carbocycles. The summed E-state index contributed by atoms with van der Waals surface area (Å²) in [6, 6.07) is 0. The monoisotopic (exact) mass is 368 g/mol. The largest absolute Gasteiger partial charge is 0.376 e. The Bertz CT molecular complexity index is 548. The number of nitrogens with zero attached hydrogens (tertiary/aromatic N) is 4. The fraction of sp³-hybridized carbons (Fsp3) is 0.778. The van der Waals surface area contributed by atoms with E-state index in [-0.39, 0.29) is 12.2 Å². The normalized spacial score (nSPS) is 24.1. The zero-order valence-corrected chi connectivity index (χ0v) is 16.0. The molecule has 0 spiro atoms. The van der Waals surface area contributed by atoms with Crippen LogP contribution in [0.4, 0.5) is 11.8 Å². The van der Waals surface area contributed by atoms with Crippen LogP contribution in [-0.2, 0) is 9.47 Å². The Balaban J connectivity index is 1.64. The van der Waals surface area contributed by atoms with Crippen LogP contribution in [0.3, 0.4) is 0 Å². The van der Waals surface area contributed by atoms with Gasteiger partial charge in [0.15, 0.2) is 5.82 Å². The van der Waals surface area contributed by atoms with Gasteiger partial charge in [-0.15, -0.1) is 0 Å². The van der Waals surface area contributed by atoms with Crippen molar-refractivity contribution >= 4 is 23.4 Å². The average Bonchev–Trinajstić information content (AvgIpc) is 2.63. The molecular weight excluding hydrogens is 340 g/mol. The Morgan fingerprint density at radius 3 is 2.16 bits per heavy atom. The minimum atomic E-state index is 0.251. The Morgan fingerprint density at radius 1 is 1.00 bits per heavy atom. The first-order valence-electron chi connectivity index (χ1n) is 9.31. The summed E-state index contributed by atoms with van der Waals surface area (Å²) in [7, 11) is 4.02. The van der Waals surface area contributed by atoms with E-state index >= 15 is 0 Å². The highest BCUT2D eigenvalue weighted by molar-refractivity contribution is 6.32. The van der Waals surface area contributed by atoms with Gasteiger partial charge in [-0.2, -0.15) is 4.98 Å². The van der Waals surface area contributed by atoms with Crippen molar-refractivity contribution in [1.82, 2.24) is 9.97 Å². The van der Waals surface area contributed by atoms with Crippen LogP contribution in [0.2, 0.25) is 5.02 Å². The molecule has 3 rings (SSSR count). The summed E-state index contributed by atoms with van der Waals surface area (Å²) in [4.78, 5) is 13.2. The summed E-state index contributed by atoms with van der Waals surface area (Å²) in [5.74, 6) is 1.45. The van der Waals surface area contributed by atoms with Crippen molar-refractivity contribution in [2.45, 2.75) is 50.7 Å². The van der Waals surface area contributed by atoms with Crippen molar-refractivity contribution in [2.75, 3.05) is 50.2 Å². The van der Waals surface area contributed by atoms with E-state index in [0.29, 0.717) is 11.0 Å². The maximum absolute atomic E-state index is 6.35. The number of anilines is 2. The van der Waals surface area contributed by atoms with Gasteiger partial charge in [-0.25, -0.2) is 4.98 Å². The molecular formula is C18H29ClN4O2. The van der Waals surface area contributed by atoms with Crippen LogP contribution in [0, 0.1) is 0 Å². The van der Waals surface area contributed by atoms with Crippen LogP contribution < -0.4 is 9.80 Å². The molecule has 2 aliphatic heterocycles. The number of ether oxygens (including phenoxy) is 2. The quantitative estimate of drug-likeness (QED) is 0.768. The SMILES string of the molecule is CN(CC1CCCCO1)c1ncc(Cl)c(N(C)CC2CCCCO2)n1. The first-order valence-corrected chi connectivity index (χ1v) is 9.69. The zero-order valence-electron chi connectivity index (χ0n) is 15.3. The molecule has 2 fully saturated rings. The second kappa shape index (κ2) is 9.01. The lowest BCUT2D eigenvalue weighted by Gasteiger charge is -2.30. The van der Waals surface area contributed by atoms with Crippen molar-refractivity contribution in [2.24, 2.45) is 0 Å². The molecule has 0 saturated carbocycles. The van der Waals surface area contributed by atoms with Crippen molar-refractivity contribution in [1.29, 1.82) is 0 Å². The number of likely N-dealkylation sites (N-methyl/N-ethyl adjacent to an activating group) is 2. The van der Waals surface area contributed by atoms with Gasteiger partial charge in [0.1, 0.15) is 5.02 Å². The van der Waals surface area contributed by atoms with Gasteiger partial charge in [0.25, 0.3) is 0 Å². The Morgan fingerprint density at radius 2 is 1.60 bits per heavy atom. The smallest absolute Gasteiger partial charge is 0.227 e. The molecule has 140 valence electrons. The molecule has 0 radical (unpaired) electrons. The Hall–Kier alpha value is -1.11. The van der Waals surface area contributed by atoms with E-state index in [1.54, 1.807) is 6.20 Å². The van der Waals surface area contributed by atoms with Crippen LogP contribution in [0.15, 0.2) is 6.20 Å². The highest BCUT2D eigenvalue weighted by Crippen LogP contribution is 2.26. The average molecular weight is 369 g/mol. The van der Waals surface area contributed by atoms with Gasteiger partial charge >= 0.3 is 0 Å². The molecule has 3 heterocycles. The first-order chi connectivity index (χ1) is 12.1. The first kappa shape index (κ1) is 18.7. The van der Waals surface area contributed by atoms with Gasteiger partial charge < -0.3 is 19.3 Å². The summed E-state index contributed by atoms with van der Waals surface area (Å²) in [6.07, 6.45) is 9.18. The van der Waals surface area contributed by atoms with E-state index in [1.807, 2.05) is 14.1 Å². The second-order valence-electron chi connectivity index (χ2n) is 7.08. The minimum Gasteiger partial charge on any atom is -0.376 e. The molecule has 2 atom stereocenters. The fourth-order valence-electron chi connectivity index (χ4n) is 3.48. The number of aromatic nitrogens is 2. The maximum Gasteiger partial charge on any atom is 0.227 e. The summed E-state index contributed by atoms with van der Waals surface area (Å²) in [5, 5.41) is 0.573. The van der Waals surface area contributed by atoms with Gasteiger partial charge in [-0.3, -0.25) is 0 Å². The topological polar surface area (TPSA) is 50.7 Å². The van der Waals surface area contributed by atoms with Crippen LogP contribution in [0.1, 0.15) is 38.5 Å². The number of halogens is 1. The van der Waals surface area contributed by atoms with Crippen molar-refractivity contribution in [3.05, 3.63) is 11.2 Å². The lowest BCUT2D eigenvalue weighted by molar-refractivity contribution is 0.0214. The third kappa shape index (κ3) is 5.19. The molecule has 2 unspecified atom stereocenters. The standard InChI is InChI=1S/C18H29ClN4O2/c1-22(12-14-7-3-5-9-24-14)17-16(19)11-20-18(21-17)23(2)13-15-8-4-6-10-25-15/h11,14-15H,3-10,12-13H2,1-2H3. The lowest BCUT2D eigenvalue weighted by Crippen LogP contribution is -2.36. The van der Waals surface area contributed by atoms with Crippen LogP contribution in [0.5, 0.6) is 0 Å². The molecule has 0 aliphatic carbocycles. The molecule has 7 heteroatoms. The lowest BCUT2D eigenvalue weighted by atomic mass is 10.1. The Labute approximate surface area is 155 Å². The predicted octanol–water partition coefficient (Wildman–Crippen LogP) is 3.14. The molecule has 0 bridgehead atoms. The molecule has 2 saturated heterocycles. The molecule has 0 N–H and O–H groups in total. The molecule has 6 nitrogen and oxygen atoms in total. The molecule has 1 aromatic rings. The highest BCUT2D eigenvalue weighted by atomic mass is 35.5. The fourth-order valence-corrected chi connectivity index (χ4v) is 3.72. The van der Waals surface area contributed by atoms with E-state index in [9.17, 15) is 0 Å². The van der Waals surface area contributed by atoms with Gasteiger partial charge in [-0.1, -0.05) is 11.6 Å². The summed E-state index contributed by atoms with van der Waals surface area (Å²) in [6.45, 7) is 3.31. The predicted molar refractivity (Wildman–Crippen MR) is 101 cm³/mol. The Kier molecular flexibility index (Phi) is 6.73. The summed E-state index contributed by atoms with van der Waals surface area (Å²) >= 11 is 6.35. The maximum atomic E-state index is 6.35. The van der Waals surface area contributed by atoms with Crippen LogP contribution in [-0.4, -0.2) is 62.6 Å². The molecule has 1 aromatic heterocycles. The molecule has 2 aliphatic rings. The van der Waals surface area contributed by atoms with Gasteiger partial charge in [0, 0.05) is 40.4 Å². The second-order valence-corrected chi connectivity index (χ2v) is 7.49. The van der Waals surface area contributed by atoms with E-state index in [2.05, 4.69) is 14.8 Å². The van der Waals surface area contributed by atoms with E-state index in [0.717, 1.165) is 57.8 Å². The number of rotatable bonds is 6. The third-order valence-electron chi connectivity index (χ3n) is 4.92. The zero-order chi connectivity index (χ0) is 17.6. The van der Waals surface area contributed by atoms with E-state index in [1.165, 1.54) is 12.8 Å². The van der Waals surface area contributed by atoms with Gasteiger partial charge in [0.05, 0.1) is 18.4 Å². The summed E-state index contributed by atoms with van der Waals surface area (Å²) in [5.41, 5.74) is 0. The van der Waals surface area contributed by atoms with Gasteiger partial charge in [0.2, 0.25) is 5.95 Å². The molecule has 25 heavy (non-hydrogen) atoms. The number of hydrogen-bond donors (Lipinski definition) is 0. The van der Waals surface area contributed by atoms with E-state index in [4.69, 9.17) is 26.1 Å². The number of hydrogen-bond acceptors (Lipinski definition) is 6. The van der Waals surface area contributed by atoms with Crippen LogP contribution >= 0.6 is 11.6 Å². The van der Waals surface area contributed by atoms with Crippen molar-refractivity contribution < 1.29 is 9.47 Å². The minimum absolute atomic E-state index is 0.251. The summed E-state index contributed by atoms with van der Waals surface area (Å²) < 4.78 is 11.7. The van der Waals surface area contributed by atoms with Crippen molar-refractivity contribution in [3.8, 4) is 0 Å². The van der Waals surface area contributed by atoms with Gasteiger partial charge in [-0.05, 0) is 38.5 Å². The van der Waals surface area contributed by atoms with Crippen LogP contribution in [0.25, 0.3) is 0 Å². The molecule has 0 amide bonds. The third-order valence-corrected chi connectivity index (χ3v) is 5.19.